The first-order chi connectivity index (χ1) is 13.3. The number of nitrogens with one attached hydrogen (secondary N) is 1. The summed E-state index contributed by atoms with van der Waals surface area (Å²) in [6.45, 7) is 6.71. The fourth-order valence-electron chi connectivity index (χ4n) is 2.97. The average Bonchev–Trinajstić information content (AvgIpc) is 3.07. The maximum absolute atomic E-state index is 12.1. The molecule has 0 bridgehead atoms. The predicted molar refractivity (Wildman–Crippen MR) is 94.9 cm³/mol. The third-order valence-electron chi connectivity index (χ3n) is 3.99. The Hall–Kier alpha value is -3.56. The molecule has 3 rings (SSSR count). The van der Waals surface area contributed by atoms with Gasteiger partial charge in [0.05, 0.1) is 17.5 Å². The normalized spacial score (nSPS) is 17.0. The van der Waals surface area contributed by atoms with Crippen LogP contribution in [-0.2, 0) is 14.2 Å². The van der Waals surface area contributed by atoms with Crippen molar-refractivity contribution in [2.24, 2.45) is 0 Å². The van der Waals surface area contributed by atoms with Gasteiger partial charge in [0, 0.05) is 5.56 Å². The van der Waals surface area contributed by atoms with Crippen LogP contribution in [0.1, 0.15) is 39.2 Å². The van der Waals surface area contributed by atoms with E-state index < -0.39 is 24.3 Å². The van der Waals surface area contributed by atoms with Crippen molar-refractivity contribution in [3.63, 3.8) is 0 Å². The fourth-order valence-corrected chi connectivity index (χ4v) is 2.97. The van der Waals surface area contributed by atoms with E-state index >= 15 is 0 Å². The second-order valence-corrected chi connectivity index (χ2v) is 6.40. The highest BCUT2D eigenvalue weighted by Crippen LogP contribution is 2.41. The van der Waals surface area contributed by atoms with Gasteiger partial charge in [0.25, 0.3) is 0 Å². The number of hydrogen-bond acceptors (Lipinski definition) is 9. The fraction of sp³-hybridized carbons (Fsp3) is 0.333. The lowest BCUT2D eigenvalue weighted by atomic mass is 9.89. The summed E-state index contributed by atoms with van der Waals surface area (Å²) in [5.74, 6) is -0.711. The maximum Gasteiger partial charge on any atom is 0.513 e. The number of carbonyl (C=O) groups excluding carboxylic acids is 1. The van der Waals surface area contributed by atoms with Crippen LogP contribution in [0.4, 0.5) is 9.59 Å². The van der Waals surface area contributed by atoms with E-state index in [2.05, 4.69) is 15.6 Å². The molecule has 1 aliphatic heterocycles. The van der Waals surface area contributed by atoms with Crippen molar-refractivity contribution in [3.8, 4) is 0 Å². The van der Waals surface area contributed by atoms with Crippen LogP contribution in [-0.4, -0.2) is 33.8 Å². The van der Waals surface area contributed by atoms with Gasteiger partial charge in [-0.25, -0.2) is 14.2 Å². The van der Waals surface area contributed by atoms with Crippen molar-refractivity contribution in [1.29, 1.82) is 0 Å². The van der Waals surface area contributed by atoms with E-state index in [-0.39, 0.29) is 11.5 Å². The van der Waals surface area contributed by atoms with Gasteiger partial charge in [0.15, 0.2) is 0 Å². The summed E-state index contributed by atoms with van der Waals surface area (Å²) in [7, 11) is 0. The SMILES string of the molecule is CC1=C(OC(=O)O)C(c2cccc3nonc23)C(OC(=O)OC(C)C)=C(C)N1. The molecule has 0 saturated heterocycles. The number of fused-ring (bicyclic) bond motifs is 1. The molecule has 148 valence electrons. The first kappa shape index (κ1) is 19.2. The third kappa shape index (κ3) is 3.75. The van der Waals surface area contributed by atoms with Crippen molar-refractivity contribution in [1.82, 2.24) is 15.6 Å². The topological polar surface area (TPSA) is 133 Å². The van der Waals surface area contributed by atoms with Gasteiger partial charge in [0.1, 0.15) is 28.5 Å². The van der Waals surface area contributed by atoms with Gasteiger partial charge in [-0.3, -0.25) is 0 Å². The van der Waals surface area contributed by atoms with Crippen molar-refractivity contribution in [2.75, 3.05) is 0 Å². The highest BCUT2D eigenvalue weighted by Gasteiger charge is 2.37. The second-order valence-electron chi connectivity index (χ2n) is 6.40. The van der Waals surface area contributed by atoms with Crippen molar-refractivity contribution >= 4 is 23.3 Å². The number of allylic oxidation sites excluding steroid dienone is 2. The van der Waals surface area contributed by atoms with Crippen LogP contribution >= 0.6 is 0 Å². The maximum atomic E-state index is 12.1. The van der Waals surface area contributed by atoms with Crippen molar-refractivity contribution in [3.05, 3.63) is 46.7 Å². The van der Waals surface area contributed by atoms with Gasteiger partial charge in [-0.1, -0.05) is 12.1 Å². The van der Waals surface area contributed by atoms with Crippen LogP contribution in [0.25, 0.3) is 11.0 Å². The molecule has 0 radical (unpaired) electrons. The van der Waals surface area contributed by atoms with E-state index in [1.165, 1.54) is 0 Å². The van der Waals surface area contributed by atoms with Crippen LogP contribution < -0.4 is 5.32 Å². The highest BCUT2D eigenvalue weighted by molar-refractivity contribution is 5.79. The van der Waals surface area contributed by atoms with Gasteiger partial charge >= 0.3 is 12.3 Å². The van der Waals surface area contributed by atoms with E-state index in [4.69, 9.17) is 18.8 Å². The van der Waals surface area contributed by atoms with Crippen molar-refractivity contribution in [2.45, 2.75) is 39.7 Å². The minimum Gasteiger partial charge on any atom is -0.449 e. The van der Waals surface area contributed by atoms with E-state index in [9.17, 15) is 14.7 Å². The lowest BCUT2D eigenvalue weighted by Crippen LogP contribution is -2.29. The van der Waals surface area contributed by atoms with Gasteiger partial charge in [-0.2, -0.15) is 0 Å². The molecule has 1 aromatic heterocycles. The molecule has 2 N–H and O–H groups in total. The zero-order chi connectivity index (χ0) is 20.4. The number of carbonyl (C=O) groups is 2. The Morgan fingerprint density at radius 1 is 1.14 bits per heavy atom. The molecule has 10 nitrogen and oxygen atoms in total. The van der Waals surface area contributed by atoms with Gasteiger partial charge in [-0.15, -0.1) is 0 Å². The summed E-state index contributed by atoms with van der Waals surface area (Å²) >= 11 is 0. The van der Waals surface area contributed by atoms with Gasteiger partial charge < -0.3 is 24.6 Å². The molecule has 2 heterocycles. The average molecular weight is 389 g/mol. The van der Waals surface area contributed by atoms with Crippen molar-refractivity contribution < 1.29 is 33.5 Å². The summed E-state index contributed by atoms with van der Waals surface area (Å²) in [6.07, 6.45) is -2.82. The molecule has 1 aliphatic rings. The summed E-state index contributed by atoms with van der Waals surface area (Å²) in [6, 6.07) is 5.09. The summed E-state index contributed by atoms with van der Waals surface area (Å²) < 4.78 is 20.3. The number of carboxylic acid groups (broad SMARTS) is 1. The zero-order valence-corrected chi connectivity index (χ0v) is 15.7. The molecule has 1 atom stereocenters. The monoisotopic (exact) mass is 389 g/mol. The predicted octanol–water partition coefficient (Wildman–Crippen LogP) is 3.63. The Bertz CT molecular complexity index is 990. The smallest absolute Gasteiger partial charge is 0.449 e. The van der Waals surface area contributed by atoms with E-state index in [1.807, 2.05) is 0 Å². The highest BCUT2D eigenvalue weighted by atomic mass is 16.7. The molecule has 0 fully saturated rings. The molecule has 28 heavy (non-hydrogen) atoms. The summed E-state index contributed by atoms with van der Waals surface area (Å²) in [5, 5.41) is 19.9. The lowest BCUT2D eigenvalue weighted by molar-refractivity contribution is 0.0476. The Morgan fingerprint density at radius 3 is 2.46 bits per heavy atom. The Labute approximate surface area is 159 Å². The summed E-state index contributed by atoms with van der Waals surface area (Å²) in [4.78, 5) is 23.4. The second kappa shape index (κ2) is 7.59. The molecule has 2 aromatic rings. The minimum atomic E-state index is -1.50. The quantitative estimate of drug-likeness (QED) is 0.747. The van der Waals surface area contributed by atoms with Crippen LogP contribution in [0.5, 0.6) is 0 Å². The van der Waals surface area contributed by atoms with E-state index in [0.29, 0.717) is 28.0 Å². The van der Waals surface area contributed by atoms with Crippen LogP contribution in [0.15, 0.2) is 45.7 Å². The molecule has 1 aromatic carbocycles. The lowest BCUT2D eigenvalue weighted by Gasteiger charge is -2.30. The summed E-state index contributed by atoms with van der Waals surface area (Å²) in [5.41, 5.74) is 2.30. The number of benzene rings is 1. The molecular formula is C18H19N3O7. The number of rotatable bonds is 4. The number of ether oxygens (including phenoxy) is 3. The van der Waals surface area contributed by atoms with Gasteiger partial charge in [0.2, 0.25) is 0 Å². The molecule has 0 aliphatic carbocycles. The molecule has 0 saturated carbocycles. The first-order valence-electron chi connectivity index (χ1n) is 8.47. The van der Waals surface area contributed by atoms with Crippen LogP contribution in [0.2, 0.25) is 0 Å². The molecule has 0 amide bonds. The Balaban J connectivity index is 2.13. The number of dihydropyridines is 1. The number of nitrogens with zero attached hydrogens (tertiary/aromatic N) is 2. The number of hydrogen-bond donors (Lipinski definition) is 2. The molecular weight excluding hydrogens is 370 g/mol. The zero-order valence-electron chi connectivity index (χ0n) is 15.7. The van der Waals surface area contributed by atoms with E-state index in [0.717, 1.165) is 0 Å². The largest absolute Gasteiger partial charge is 0.513 e. The Morgan fingerprint density at radius 2 is 1.82 bits per heavy atom. The minimum absolute atomic E-state index is 0.0425. The molecule has 1 unspecified atom stereocenters. The van der Waals surface area contributed by atoms with Crippen LogP contribution in [0.3, 0.4) is 0 Å². The first-order valence-corrected chi connectivity index (χ1v) is 8.47. The Kier molecular flexibility index (Phi) is 5.21. The standard InChI is InChI=1S/C18H19N3O7/c1-8(2)25-18(24)27-16-10(4)19-9(3)15(26-17(22)23)13(16)11-6-5-7-12-14(11)21-28-20-12/h5-8,13,19H,1-4H3,(H,22,23). The molecule has 10 heteroatoms. The number of aromatic nitrogens is 2. The van der Waals surface area contributed by atoms with Crippen LogP contribution in [0, 0.1) is 0 Å². The van der Waals surface area contributed by atoms with Gasteiger partial charge in [-0.05, 0) is 44.1 Å². The van der Waals surface area contributed by atoms with E-state index in [1.54, 1.807) is 45.9 Å². The molecule has 0 spiro atoms. The third-order valence-corrected chi connectivity index (χ3v) is 3.99.